The number of ether oxygens (including phenoxy) is 1. The molecule has 1 aliphatic heterocycles. The predicted molar refractivity (Wildman–Crippen MR) is 388 cm³/mol. The van der Waals surface area contributed by atoms with Crippen molar-refractivity contribution < 1.29 is 48.5 Å². The van der Waals surface area contributed by atoms with Crippen molar-refractivity contribution in [3.63, 3.8) is 0 Å². The Morgan fingerprint density at radius 3 is 1.73 bits per heavy atom. The predicted octanol–water partition coefficient (Wildman–Crippen LogP) is 9.57. The maximum atomic E-state index is 12.7. The molecule has 2 rings (SSSR count). The number of nitrogens with one attached hydrogen (secondary N) is 7. The van der Waals surface area contributed by atoms with Crippen molar-refractivity contribution in [3.05, 3.63) is 84.8 Å². The molecule has 0 aromatic heterocycles. The highest BCUT2D eigenvalue weighted by Crippen LogP contribution is 2.17. The molecule has 1 aromatic rings. The van der Waals surface area contributed by atoms with E-state index in [2.05, 4.69) is 133 Å². The number of thiol groups is 1. The van der Waals surface area contributed by atoms with Crippen LogP contribution in [0, 0.1) is 23.7 Å². The minimum absolute atomic E-state index is 0.0390. The number of carbonyl (C=O) groups excluding carboxylic acids is 7. The summed E-state index contributed by atoms with van der Waals surface area (Å²) in [6.07, 6.45) is 20.6. The summed E-state index contributed by atoms with van der Waals surface area (Å²) in [4.78, 5) is 87.2. The van der Waals surface area contributed by atoms with Crippen LogP contribution >= 0.6 is 12.6 Å². The summed E-state index contributed by atoms with van der Waals surface area (Å²) < 4.78 is 4.25. The lowest BCUT2D eigenvalue weighted by Gasteiger charge is -2.28. The van der Waals surface area contributed by atoms with Gasteiger partial charge in [-0.1, -0.05) is 145 Å². The van der Waals surface area contributed by atoms with E-state index in [1.807, 2.05) is 93.9 Å². The van der Waals surface area contributed by atoms with Crippen LogP contribution in [0.3, 0.4) is 0 Å². The largest absolute Gasteiger partial charge is 0.511 e. The zero-order chi connectivity index (χ0) is 72.3. The van der Waals surface area contributed by atoms with Gasteiger partial charge in [-0.3, -0.25) is 33.7 Å². The highest BCUT2D eigenvalue weighted by molar-refractivity contribution is 7.79. The van der Waals surface area contributed by atoms with Gasteiger partial charge in [0, 0.05) is 78.7 Å². The van der Waals surface area contributed by atoms with E-state index >= 15 is 0 Å². The first-order chi connectivity index (χ1) is 43.1. The first-order valence-electron chi connectivity index (χ1n) is 32.5. The van der Waals surface area contributed by atoms with E-state index in [9.17, 15) is 38.7 Å². The lowest BCUT2D eigenvalue weighted by Crippen LogP contribution is -2.54. The van der Waals surface area contributed by atoms with Crippen molar-refractivity contribution in [2.24, 2.45) is 23.7 Å². The Balaban J connectivity index is -0.000000164. The maximum Gasteiger partial charge on any atom is 0.251 e. The number of rotatable bonds is 32. The Morgan fingerprint density at radius 2 is 1.33 bits per heavy atom. The van der Waals surface area contributed by atoms with Gasteiger partial charge in [-0.15, -0.1) is 6.58 Å². The van der Waals surface area contributed by atoms with Gasteiger partial charge in [-0.25, -0.2) is 0 Å². The Labute approximate surface area is 561 Å². The molecule has 9 N–H and O–H groups in total. The van der Waals surface area contributed by atoms with Crippen LogP contribution in [0.25, 0.3) is 0 Å². The summed E-state index contributed by atoms with van der Waals surface area (Å²) in [7, 11) is 15.5. The average Bonchev–Trinajstić information content (AvgIpc) is 2.01. The first-order valence-corrected chi connectivity index (χ1v) is 33.4. The van der Waals surface area contributed by atoms with Crippen LogP contribution in [0.5, 0.6) is 0 Å². The summed E-state index contributed by atoms with van der Waals surface area (Å²) in [5.41, 5.74) is 1.62. The van der Waals surface area contributed by atoms with Crippen LogP contribution in [0.1, 0.15) is 167 Å². The van der Waals surface area contributed by atoms with Gasteiger partial charge in [0.15, 0.2) is 0 Å². The molecule has 0 fully saturated rings. The standard InChI is InChI=1S/C21H33N5O5.C18H30N2O.C9H18.C8H18N2O.C5H10O.C3H8.C2H7N.C2H6O.CH4O.CH4S/c1-5-7-16(27)11-22-12-17(26-14(3)8-9-19(26)29)21(31)24-13-18(28)25-15(4)20(30)23-10-6-2;1-5-12-20(4)13-11-15(2)18(21)19-16(3)14-17-9-7-6-8-10-17;1-4-6-7-8-9(3)5-2;1-6(2)7(9-3)8(11)10(4)5;1-5(2)3-4-6;3*1-3-2;2*1-2/h7-9,15,17,22,27H,3,5-6,10-13H2,1-2,4H3,(H,23,30)(H,24,31)(H,25,28);6-10,15-16H,5,11-14H2,1-4H3,(H,19,21);4,9H,1,5-8H2,2-3H3;6-7,9H,1-5H3;4-5H,3H2,1-2H3;3H2,1-2H3;3H,1-2H3;1-2H3;2*2H,1H3/b16-7+;;;;;;;;;. The third-order valence-corrected chi connectivity index (χ3v) is 12.2. The number of carbonyl (C=O) groups is 7. The zero-order valence-corrected chi connectivity index (χ0v) is 62.7. The third-order valence-electron chi connectivity index (χ3n) is 12.2. The Hall–Kier alpha value is -5.42. The van der Waals surface area contributed by atoms with Crippen LogP contribution < -0.4 is 37.2 Å². The molecule has 0 aliphatic carbocycles. The Bertz CT molecular complexity index is 1960. The van der Waals surface area contributed by atoms with E-state index in [4.69, 9.17) is 5.11 Å². The summed E-state index contributed by atoms with van der Waals surface area (Å²) in [6, 6.07) is 8.71. The van der Waals surface area contributed by atoms with E-state index in [0.29, 0.717) is 36.9 Å². The fraction of sp³-hybridized carbons (Fsp3) is 0.700. The minimum Gasteiger partial charge on any atom is -0.511 e. The monoisotopic (exact) mass is 1310 g/mol. The van der Waals surface area contributed by atoms with Crippen LogP contribution in [0.4, 0.5) is 0 Å². The number of aliphatic hydroxyl groups excluding tert-OH is 2. The Kier molecular flexibility index (Phi) is 82.3. The van der Waals surface area contributed by atoms with E-state index < -0.39 is 29.8 Å². The molecule has 6 unspecified atom stereocenters. The fourth-order valence-corrected chi connectivity index (χ4v) is 7.28. The molecule has 21 heteroatoms. The summed E-state index contributed by atoms with van der Waals surface area (Å²) in [6.45, 7) is 38.4. The number of benzene rings is 1. The van der Waals surface area contributed by atoms with Gasteiger partial charge in [-0.05, 0) is 142 Å². The van der Waals surface area contributed by atoms with Gasteiger partial charge in [0.25, 0.3) is 5.91 Å². The van der Waals surface area contributed by atoms with Gasteiger partial charge in [-0.2, -0.15) is 12.6 Å². The molecule has 534 valence electrons. The maximum absolute atomic E-state index is 12.7. The summed E-state index contributed by atoms with van der Waals surface area (Å²) >= 11 is 3.53. The lowest BCUT2D eigenvalue weighted by atomic mass is 10.0. The number of likely N-dealkylation sites (N-methyl/N-ethyl adjacent to an activating group) is 2. The van der Waals surface area contributed by atoms with Crippen molar-refractivity contribution in [2.75, 3.05) is 109 Å². The van der Waals surface area contributed by atoms with Gasteiger partial charge in [0.05, 0.1) is 19.1 Å². The molecule has 20 nitrogen and oxygen atoms in total. The van der Waals surface area contributed by atoms with E-state index in [1.54, 1.807) is 52.5 Å². The molecule has 1 heterocycles. The average molecular weight is 1310 g/mol. The Morgan fingerprint density at radius 1 is 0.780 bits per heavy atom. The number of hydrogen-bond donors (Lipinski definition) is 10. The molecular weight excluding hydrogens is 1170 g/mol. The second-order valence-electron chi connectivity index (χ2n) is 22.6. The topological polar surface area (TPSA) is 263 Å². The molecular formula is C70H138N10O10S. The lowest BCUT2D eigenvalue weighted by molar-refractivity contribution is -0.135. The van der Waals surface area contributed by atoms with Crippen LogP contribution in [0.15, 0.2) is 79.2 Å². The van der Waals surface area contributed by atoms with E-state index in [1.165, 1.54) is 54.7 Å². The van der Waals surface area contributed by atoms with E-state index in [-0.39, 0.29) is 61.1 Å². The number of allylic oxidation sites excluding steroid dienone is 3. The molecule has 1 aromatic carbocycles. The van der Waals surface area contributed by atoms with Gasteiger partial charge in [0.2, 0.25) is 29.5 Å². The quantitative estimate of drug-likeness (QED) is 0.0106. The highest BCUT2D eigenvalue weighted by atomic mass is 32.1. The molecule has 1 aliphatic rings. The van der Waals surface area contributed by atoms with Gasteiger partial charge < -0.3 is 66.8 Å². The fourth-order valence-electron chi connectivity index (χ4n) is 7.28. The summed E-state index contributed by atoms with van der Waals surface area (Å²) in [5.74, 6) is 0.478. The first kappa shape index (κ1) is 102. The number of aldehydes is 1. The van der Waals surface area contributed by atoms with Gasteiger partial charge in [0.1, 0.15) is 24.1 Å². The van der Waals surface area contributed by atoms with Gasteiger partial charge >= 0.3 is 0 Å². The van der Waals surface area contributed by atoms with E-state index in [0.717, 1.165) is 58.1 Å². The van der Waals surface area contributed by atoms with Crippen molar-refractivity contribution in [2.45, 2.75) is 192 Å². The molecule has 6 atom stereocenters. The number of nitrogens with zero attached hydrogens (tertiary/aromatic N) is 3. The molecule has 0 saturated carbocycles. The number of methoxy groups -OCH3 is 1. The number of unbranched alkanes of at least 4 members (excludes halogenated alkanes) is 1. The normalized spacial score (nSPS) is 12.8. The second kappa shape index (κ2) is 73.6. The highest BCUT2D eigenvalue weighted by Gasteiger charge is 2.33. The van der Waals surface area contributed by atoms with Crippen LogP contribution in [0.2, 0.25) is 0 Å². The molecule has 0 saturated heterocycles. The second-order valence-corrected chi connectivity index (χ2v) is 22.6. The van der Waals surface area contributed by atoms with Crippen LogP contribution in [-0.4, -0.2) is 200 Å². The molecule has 0 bridgehead atoms. The molecule has 91 heavy (non-hydrogen) atoms. The SMILES string of the molecule is C=C1C=CC(=O)N1C(CNC/C(O)=C\CC)C(=O)NCC(=O)NC(C)C(=O)NCCC.C=CCCCC(C)CC.CC(C)CC=O.CCC.CCCN(C)CCC(C)C(=O)NC(C)Cc1ccccc1.CNC.CNC(C(=O)N(C)C)C(C)C.CO.COC.CS. The third kappa shape index (κ3) is 65.9. The summed E-state index contributed by atoms with van der Waals surface area (Å²) in [5, 5.41) is 36.2. The molecule has 0 spiro atoms. The number of amides is 6. The van der Waals surface area contributed by atoms with Crippen molar-refractivity contribution >= 4 is 54.4 Å². The molecule has 6 amide bonds. The molecule has 0 radical (unpaired) electrons. The van der Waals surface area contributed by atoms with Crippen molar-refractivity contribution in [1.82, 2.24) is 51.9 Å². The zero-order valence-electron chi connectivity index (χ0n) is 61.8. The minimum atomic E-state index is -0.970. The smallest absolute Gasteiger partial charge is 0.251 e. The van der Waals surface area contributed by atoms with Crippen LogP contribution in [-0.2, 0) is 44.7 Å². The number of hydrogen-bond acceptors (Lipinski definition) is 15. The van der Waals surface area contributed by atoms with Crippen molar-refractivity contribution in [3.8, 4) is 0 Å². The van der Waals surface area contributed by atoms with Crippen molar-refractivity contribution in [1.29, 1.82) is 0 Å². The number of aliphatic hydroxyl groups is 2.